The van der Waals surface area contributed by atoms with Gasteiger partial charge in [0.2, 0.25) is 0 Å². The lowest BCUT2D eigenvalue weighted by Gasteiger charge is -2.26. The predicted octanol–water partition coefficient (Wildman–Crippen LogP) is 2.82. The number of aryl methyl sites for hydroxylation is 1. The minimum atomic E-state index is -0.106. The van der Waals surface area contributed by atoms with Gasteiger partial charge in [-0.1, -0.05) is 11.6 Å². The van der Waals surface area contributed by atoms with Gasteiger partial charge in [0.15, 0.2) is 0 Å². The van der Waals surface area contributed by atoms with Gasteiger partial charge in [0.1, 0.15) is 0 Å². The minimum Gasteiger partial charge on any atom is -0.271 e. The molecular formula is C12H14ClNO2. The molecule has 0 aliphatic carbocycles. The lowest BCUT2D eigenvalue weighted by Crippen LogP contribution is -2.35. The molecule has 0 unspecified atom stereocenters. The van der Waals surface area contributed by atoms with E-state index in [4.69, 9.17) is 16.4 Å². The number of amides is 1. The van der Waals surface area contributed by atoms with E-state index in [9.17, 15) is 4.79 Å². The lowest BCUT2D eigenvalue weighted by atomic mass is 10.1. The van der Waals surface area contributed by atoms with Gasteiger partial charge >= 0.3 is 0 Å². The number of hydrogen-bond donors (Lipinski definition) is 0. The Kier molecular flexibility index (Phi) is 3.46. The molecule has 0 aromatic heterocycles. The zero-order valence-corrected chi connectivity index (χ0v) is 9.96. The topological polar surface area (TPSA) is 29.5 Å². The van der Waals surface area contributed by atoms with Gasteiger partial charge in [-0.05, 0) is 43.5 Å². The normalized spacial score (nSPS) is 16.2. The molecule has 1 saturated heterocycles. The molecule has 0 spiro atoms. The first-order valence-electron chi connectivity index (χ1n) is 5.39. The van der Waals surface area contributed by atoms with Crippen molar-refractivity contribution < 1.29 is 9.63 Å². The molecule has 0 N–H and O–H groups in total. The largest absolute Gasteiger partial charge is 0.277 e. The summed E-state index contributed by atoms with van der Waals surface area (Å²) in [5.41, 5.74) is 1.57. The molecule has 1 fully saturated rings. The van der Waals surface area contributed by atoms with Crippen LogP contribution in [0.1, 0.15) is 28.8 Å². The number of benzene rings is 1. The van der Waals surface area contributed by atoms with E-state index in [0.29, 0.717) is 23.7 Å². The molecule has 2 rings (SSSR count). The highest BCUT2D eigenvalue weighted by Crippen LogP contribution is 2.17. The fraction of sp³-hybridized carbons (Fsp3) is 0.417. The Hall–Kier alpha value is -1.06. The molecule has 86 valence electrons. The van der Waals surface area contributed by atoms with Crippen LogP contribution >= 0.6 is 11.6 Å². The number of hydrogen-bond acceptors (Lipinski definition) is 2. The number of hydroxylamine groups is 2. The van der Waals surface area contributed by atoms with Crippen LogP contribution in [0.15, 0.2) is 18.2 Å². The molecule has 4 heteroatoms. The SMILES string of the molecule is Cc1cc(Cl)cc(C(=O)N2CCCCO2)c1. The van der Waals surface area contributed by atoms with Crippen LogP contribution in [0.25, 0.3) is 0 Å². The van der Waals surface area contributed by atoms with Crippen LogP contribution < -0.4 is 0 Å². The fourth-order valence-corrected chi connectivity index (χ4v) is 2.05. The third-order valence-electron chi connectivity index (χ3n) is 2.52. The van der Waals surface area contributed by atoms with Crippen LogP contribution in [0.5, 0.6) is 0 Å². The van der Waals surface area contributed by atoms with Crippen molar-refractivity contribution in [2.75, 3.05) is 13.2 Å². The number of halogens is 1. The molecule has 3 nitrogen and oxygen atoms in total. The van der Waals surface area contributed by atoms with Crippen molar-refractivity contribution in [2.24, 2.45) is 0 Å². The van der Waals surface area contributed by atoms with E-state index >= 15 is 0 Å². The molecule has 1 amide bonds. The summed E-state index contributed by atoms with van der Waals surface area (Å²) in [6.07, 6.45) is 2.00. The highest BCUT2D eigenvalue weighted by molar-refractivity contribution is 6.31. The van der Waals surface area contributed by atoms with E-state index in [0.717, 1.165) is 18.4 Å². The maximum Gasteiger partial charge on any atom is 0.277 e. The predicted molar refractivity (Wildman–Crippen MR) is 62.4 cm³/mol. The molecule has 0 radical (unpaired) electrons. The third-order valence-corrected chi connectivity index (χ3v) is 2.74. The van der Waals surface area contributed by atoms with Gasteiger partial charge in [-0.3, -0.25) is 9.63 Å². The molecule has 1 aliphatic rings. The van der Waals surface area contributed by atoms with Crippen molar-refractivity contribution >= 4 is 17.5 Å². The second-order valence-electron chi connectivity index (χ2n) is 3.96. The summed E-state index contributed by atoms with van der Waals surface area (Å²) in [6.45, 7) is 3.19. The monoisotopic (exact) mass is 239 g/mol. The molecule has 1 aliphatic heterocycles. The summed E-state index contributed by atoms with van der Waals surface area (Å²) in [6, 6.07) is 5.33. The average molecular weight is 240 g/mol. The Morgan fingerprint density at radius 3 is 2.81 bits per heavy atom. The van der Waals surface area contributed by atoms with Crippen LogP contribution in [0, 0.1) is 6.92 Å². The molecule has 0 bridgehead atoms. The number of carbonyl (C=O) groups excluding carboxylic acids is 1. The van der Waals surface area contributed by atoms with E-state index in [1.807, 2.05) is 19.1 Å². The Balaban J connectivity index is 2.19. The Labute approximate surface area is 99.9 Å². The zero-order chi connectivity index (χ0) is 11.5. The van der Waals surface area contributed by atoms with E-state index in [2.05, 4.69) is 0 Å². The molecule has 16 heavy (non-hydrogen) atoms. The first-order chi connectivity index (χ1) is 7.66. The number of carbonyl (C=O) groups is 1. The Morgan fingerprint density at radius 1 is 1.38 bits per heavy atom. The van der Waals surface area contributed by atoms with Crippen LogP contribution in [-0.2, 0) is 4.84 Å². The van der Waals surface area contributed by atoms with Gasteiger partial charge < -0.3 is 0 Å². The smallest absolute Gasteiger partial charge is 0.271 e. The summed E-state index contributed by atoms with van der Waals surface area (Å²) in [7, 11) is 0. The Bertz CT molecular complexity index is 380. The van der Waals surface area contributed by atoms with Crippen molar-refractivity contribution in [3.8, 4) is 0 Å². The molecule has 1 heterocycles. The van der Waals surface area contributed by atoms with Crippen LogP contribution in [0.4, 0.5) is 0 Å². The summed E-state index contributed by atoms with van der Waals surface area (Å²) in [5.74, 6) is -0.106. The van der Waals surface area contributed by atoms with Gasteiger partial charge in [0, 0.05) is 17.1 Å². The van der Waals surface area contributed by atoms with Gasteiger partial charge in [0.05, 0.1) is 6.61 Å². The van der Waals surface area contributed by atoms with Gasteiger partial charge in [-0.15, -0.1) is 0 Å². The maximum absolute atomic E-state index is 12.0. The standard InChI is InChI=1S/C12H14ClNO2/c1-9-6-10(8-11(13)7-9)12(15)14-4-2-3-5-16-14/h6-8H,2-5H2,1H3. The maximum atomic E-state index is 12.0. The van der Waals surface area contributed by atoms with Crippen molar-refractivity contribution in [1.82, 2.24) is 5.06 Å². The highest BCUT2D eigenvalue weighted by Gasteiger charge is 2.19. The summed E-state index contributed by atoms with van der Waals surface area (Å²) in [4.78, 5) is 17.4. The first kappa shape index (κ1) is 11.4. The van der Waals surface area contributed by atoms with Crippen LogP contribution in [0.2, 0.25) is 5.02 Å². The molecular weight excluding hydrogens is 226 g/mol. The minimum absolute atomic E-state index is 0.106. The zero-order valence-electron chi connectivity index (χ0n) is 9.20. The van der Waals surface area contributed by atoms with E-state index in [1.54, 1.807) is 6.07 Å². The third kappa shape index (κ3) is 2.54. The second kappa shape index (κ2) is 4.85. The molecule has 1 aromatic carbocycles. The average Bonchev–Trinajstić information content (AvgIpc) is 2.28. The lowest BCUT2D eigenvalue weighted by molar-refractivity contribution is -0.144. The van der Waals surface area contributed by atoms with Gasteiger partial charge in [-0.25, -0.2) is 5.06 Å². The summed E-state index contributed by atoms with van der Waals surface area (Å²) in [5, 5.41) is 2.01. The van der Waals surface area contributed by atoms with Crippen LogP contribution in [0.3, 0.4) is 0 Å². The van der Waals surface area contributed by atoms with Gasteiger partial charge in [0.25, 0.3) is 5.91 Å². The molecule has 0 atom stereocenters. The van der Waals surface area contributed by atoms with E-state index < -0.39 is 0 Å². The number of nitrogens with zero attached hydrogens (tertiary/aromatic N) is 1. The van der Waals surface area contributed by atoms with Crippen molar-refractivity contribution in [3.63, 3.8) is 0 Å². The number of rotatable bonds is 1. The van der Waals surface area contributed by atoms with Crippen LogP contribution in [-0.4, -0.2) is 24.1 Å². The highest BCUT2D eigenvalue weighted by atomic mass is 35.5. The summed E-state index contributed by atoms with van der Waals surface area (Å²) < 4.78 is 0. The van der Waals surface area contributed by atoms with Crippen molar-refractivity contribution in [3.05, 3.63) is 34.3 Å². The fourth-order valence-electron chi connectivity index (χ4n) is 1.76. The Morgan fingerprint density at radius 2 is 2.19 bits per heavy atom. The molecule has 1 aromatic rings. The molecule has 0 saturated carbocycles. The quantitative estimate of drug-likeness (QED) is 0.754. The van der Waals surface area contributed by atoms with Crippen molar-refractivity contribution in [2.45, 2.75) is 19.8 Å². The van der Waals surface area contributed by atoms with E-state index in [-0.39, 0.29) is 5.91 Å². The summed E-state index contributed by atoms with van der Waals surface area (Å²) >= 11 is 5.92. The first-order valence-corrected chi connectivity index (χ1v) is 5.76. The van der Waals surface area contributed by atoms with Crippen molar-refractivity contribution in [1.29, 1.82) is 0 Å². The second-order valence-corrected chi connectivity index (χ2v) is 4.40. The van der Waals surface area contributed by atoms with E-state index in [1.165, 1.54) is 5.06 Å². The van der Waals surface area contributed by atoms with Gasteiger partial charge in [-0.2, -0.15) is 0 Å².